The molecule has 1 aromatic heterocycles. The van der Waals surface area contributed by atoms with Gasteiger partial charge in [0.15, 0.2) is 11.5 Å². The molecule has 84 valence electrons. The lowest BCUT2D eigenvalue weighted by Crippen LogP contribution is -2.06. The third kappa shape index (κ3) is 1.37. The number of carbonyl (C=O) groups is 1. The molecule has 0 radical (unpaired) electrons. The summed E-state index contributed by atoms with van der Waals surface area (Å²) < 4.78 is 1.57. The Balaban J connectivity index is 2.82. The van der Waals surface area contributed by atoms with Gasteiger partial charge in [-0.15, -0.1) is 0 Å². The average Bonchev–Trinajstić information content (AvgIpc) is 2.57. The molecule has 0 saturated carbocycles. The van der Waals surface area contributed by atoms with Gasteiger partial charge in [-0.05, 0) is 19.1 Å². The van der Waals surface area contributed by atoms with Crippen LogP contribution in [0.3, 0.4) is 0 Å². The molecule has 0 amide bonds. The first-order chi connectivity index (χ1) is 7.54. The zero-order chi connectivity index (χ0) is 11.9. The van der Waals surface area contributed by atoms with Crippen molar-refractivity contribution in [2.75, 3.05) is 0 Å². The molecule has 2 rings (SSSR count). The van der Waals surface area contributed by atoms with E-state index in [9.17, 15) is 15.0 Å². The first-order valence-electron chi connectivity index (χ1n) is 4.83. The van der Waals surface area contributed by atoms with Gasteiger partial charge < -0.3 is 19.9 Å². The number of carboxylic acid groups (broad SMARTS) is 1. The van der Waals surface area contributed by atoms with Crippen LogP contribution in [0.15, 0.2) is 18.2 Å². The highest BCUT2D eigenvalue weighted by molar-refractivity contribution is 5.95. The van der Waals surface area contributed by atoms with Gasteiger partial charge in [-0.1, -0.05) is 0 Å². The van der Waals surface area contributed by atoms with E-state index in [1.165, 1.54) is 18.2 Å². The highest BCUT2D eigenvalue weighted by Crippen LogP contribution is 2.32. The van der Waals surface area contributed by atoms with Crippen LogP contribution in [0, 0.1) is 0 Å². The monoisotopic (exact) mass is 221 g/mol. The topological polar surface area (TPSA) is 82.7 Å². The van der Waals surface area contributed by atoms with Crippen LogP contribution < -0.4 is 0 Å². The van der Waals surface area contributed by atoms with E-state index in [1.54, 1.807) is 4.57 Å². The summed E-state index contributed by atoms with van der Waals surface area (Å²) in [5.41, 5.74) is 0.734. The molecular formula is C11H11NO4. The predicted octanol–water partition coefficient (Wildman–Crippen LogP) is 1.77. The molecule has 0 aliphatic rings. The van der Waals surface area contributed by atoms with Crippen molar-refractivity contribution < 1.29 is 20.1 Å². The lowest BCUT2D eigenvalue weighted by molar-refractivity contribution is 0.0686. The fourth-order valence-corrected chi connectivity index (χ4v) is 1.80. The Bertz CT molecular complexity index is 571. The summed E-state index contributed by atoms with van der Waals surface area (Å²) in [6.07, 6.45) is 0. The number of phenolic OH excluding ortho intramolecular Hbond substituents is 2. The molecule has 0 bridgehead atoms. The Morgan fingerprint density at radius 2 is 1.88 bits per heavy atom. The number of phenols is 2. The van der Waals surface area contributed by atoms with Crippen molar-refractivity contribution in [3.05, 3.63) is 23.9 Å². The van der Waals surface area contributed by atoms with E-state index in [4.69, 9.17) is 5.11 Å². The van der Waals surface area contributed by atoms with E-state index >= 15 is 0 Å². The number of hydrogen-bond acceptors (Lipinski definition) is 3. The molecular weight excluding hydrogens is 210 g/mol. The standard InChI is InChI=1S/C11H11NO4/c1-2-12-7-5-10(14)9(13)4-6(7)3-8(12)11(15)16/h3-5,13-14H,2H2,1H3,(H,15,16). The highest BCUT2D eigenvalue weighted by Gasteiger charge is 2.15. The molecule has 0 fully saturated rings. The van der Waals surface area contributed by atoms with E-state index < -0.39 is 5.97 Å². The summed E-state index contributed by atoms with van der Waals surface area (Å²) in [6, 6.07) is 4.18. The third-order valence-corrected chi connectivity index (χ3v) is 2.53. The Kier molecular flexibility index (Phi) is 2.23. The van der Waals surface area contributed by atoms with E-state index in [2.05, 4.69) is 0 Å². The lowest BCUT2D eigenvalue weighted by Gasteiger charge is -2.04. The van der Waals surface area contributed by atoms with Crippen molar-refractivity contribution in [2.24, 2.45) is 0 Å². The summed E-state index contributed by atoms with van der Waals surface area (Å²) in [5.74, 6) is -1.54. The maximum absolute atomic E-state index is 11.0. The van der Waals surface area contributed by atoms with Crippen molar-refractivity contribution in [1.29, 1.82) is 0 Å². The van der Waals surface area contributed by atoms with Crippen LogP contribution in [-0.4, -0.2) is 25.9 Å². The van der Waals surface area contributed by atoms with Crippen molar-refractivity contribution in [3.8, 4) is 11.5 Å². The zero-order valence-electron chi connectivity index (χ0n) is 8.64. The van der Waals surface area contributed by atoms with Gasteiger partial charge in [0, 0.05) is 18.0 Å². The summed E-state index contributed by atoms with van der Waals surface area (Å²) in [6.45, 7) is 2.30. The maximum atomic E-state index is 11.0. The van der Waals surface area contributed by atoms with E-state index in [0.29, 0.717) is 17.4 Å². The molecule has 1 heterocycles. The lowest BCUT2D eigenvalue weighted by atomic mass is 10.2. The second-order valence-electron chi connectivity index (χ2n) is 3.48. The minimum atomic E-state index is -1.03. The Labute approximate surface area is 91.2 Å². The van der Waals surface area contributed by atoms with Crippen LogP contribution in [0.2, 0.25) is 0 Å². The van der Waals surface area contributed by atoms with Gasteiger partial charge in [0.05, 0.1) is 5.52 Å². The number of hydrogen-bond donors (Lipinski definition) is 3. The van der Waals surface area contributed by atoms with Crippen molar-refractivity contribution in [3.63, 3.8) is 0 Å². The molecule has 5 heteroatoms. The van der Waals surface area contributed by atoms with E-state index in [-0.39, 0.29) is 17.2 Å². The number of aromatic nitrogens is 1. The van der Waals surface area contributed by atoms with Crippen molar-refractivity contribution in [2.45, 2.75) is 13.5 Å². The zero-order valence-corrected chi connectivity index (χ0v) is 8.64. The molecule has 0 unspecified atom stereocenters. The summed E-state index contributed by atoms with van der Waals surface area (Å²) >= 11 is 0. The average molecular weight is 221 g/mol. The third-order valence-electron chi connectivity index (χ3n) is 2.53. The molecule has 3 N–H and O–H groups in total. The quantitative estimate of drug-likeness (QED) is 0.675. The van der Waals surface area contributed by atoms with E-state index in [0.717, 1.165) is 0 Å². The number of aromatic hydroxyl groups is 2. The SMILES string of the molecule is CCn1c(C(=O)O)cc2cc(O)c(O)cc21. The molecule has 0 atom stereocenters. The number of rotatable bonds is 2. The summed E-state index contributed by atoms with van der Waals surface area (Å²) in [7, 11) is 0. The summed E-state index contributed by atoms with van der Waals surface area (Å²) in [5, 5.41) is 28.3. The second kappa shape index (κ2) is 3.44. The van der Waals surface area contributed by atoms with Gasteiger partial charge in [0.2, 0.25) is 0 Å². The van der Waals surface area contributed by atoms with Crippen LogP contribution in [0.5, 0.6) is 11.5 Å². The number of aromatic carboxylic acids is 1. The molecule has 2 aromatic rings. The van der Waals surface area contributed by atoms with Gasteiger partial charge in [-0.25, -0.2) is 4.79 Å². The maximum Gasteiger partial charge on any atom is 0.352 e. The Morgan fingerprint density at radius 1 is 1.25 bits per heavy atom. The molecule has 0 aliphatic heterocycles. The van der Waals surface area contributed by atoms with Gasteiger partial charge in [-0.3, -0.25) is 0 Å². The van der Waals surface area contributed by atoms with Crippen molar-refractivity contribution in [1.82, 2.24) is 4.57 Å². The largest absolute Gasteiger partial charge is 0.504 e. The first-order valence-corrected chi connectivity index (χ1v) is 4.83. The fraction of sp³-hybridized carbons (Fsp3) is 0.182. The fourth-order valence-electron chi connectivity index (χ4n) is 1.80. The number of nitrogens with zero attached hydrogens (tertiary/aromatic N) is 1. The smallest absolute Gasteiger partial charge is 0.352 e. The minimum Gasteiger partial charge on any atom is -0.504 e. The second-order valence-corrected chi connectivity index (χ2v) is 3.48. The molecule has 1 aromatic carbocycles. The number of carboxylic acids is 1. The molecule has 0 aliphatic carbocycles. The van der Waals surface area contributed by atoms with Gasteiger partial charge >= 0.3 is 5.97 Å². The predicted molar refractivity (Wildman–Crippen MR) is 57.9 cm³/mol. The molecule has 5 nitrogen and oxygen atoms in total. The first kappa shape index (κ1) is 10.4. The molecule has 16 heavy (non-hydrogen) atoms. The van der Waals surface area contributed by atoms with Gasteiger partial charge in [0.1, 0.15) is 5.69 Å². The van der Waals surface area contributed by atoms with Crippen LogP contribution in [0.4, 0.5) is 0 Å². The Hall–Kier alpha value is -2.17. The van der Waals surface area contributed by atoms with Crippen LogP contribution in [0.25, 0.3) is 10.9 Å². The normalized spacial score (nSPS) is 10.8. The van der Waals surface area contributed by atoms with E-state index in [1.807, 2.05) is 6.92 Å². The van der Waals surface area contributed by atoms with Gasteiger partial charge in [0.25, 0.3) is 0 Å². The molecule has 0 spiro atoms. The molecule has 0 saturated heterocycles. The van der Waals surface area contributed by atoms with Crippen molar-refractivity contribution >= 4 is 16.9 Å². The van der Waals surface area contributed by atoms with Crippen LogP contribution in [0.1, 0.15) is 17.4 Å². The summed E-state index contributed by atoms with van der Waals surface area (Å²) in [4.78, 5) is 11.0. The number of aryl methyl sites for hydroxylation is 1. The highest BCUT2D eigenvalue weighted by atomic mass is 16.4. The Morgan fingerprint density at radius 3 is 2.44 bits per heavy atom. The number of fused-ring (bicyclic) bond motifs is 1. The van der Waals surface area contributed by atoms with Gasteiger partial charge in [-0.2, -0.15) is 0 Å². The number of benzene rings is 1. The van der Waals surface area contributed by atoms with Crippen LogP contribution in [-0.2, 0) is 6.54 Å². The van der Waals surface area contributed by atoms with Crippen LogP contribution >= 0.6 is 0 Å². The minimum absolute atomic E-state index is 0.141.